The second-order valence-electron chi connectivity index (χ2n) is 8.68. The van der Waals surface area contributed by atoms with Crippen LogP contribution in [0.4, 0.5) is 0 Å². The van der Waals surface area contributed by atoms with Crippen molar-refractivity contribution in [2.75, 3.05) is 11.5 Å². The Bertz CT molecular complexity index is 1040. The quantitative estimate of drug-likeness (QED) is 0.118. The van der Waals surface area contributed by atoms with Crippen LogP contribution >= 0.6 is 23.5 Å². The summed E-state index contributed by atoms with van der Waals surface area (Å²) in [6, 6.07) is 30.9. The van der Waals surface area contributed by atoms with Gasteiger partial charge in [-0.15, -0.1) is 23.5 Å². The molecule has 202 valence electrons. The maximum Gasteiger partial charge on any atom is 0.116 e. The maximum atomic E-state index is 6.75. The third kappa shape index (κ3) is 10.5. The van der Waals surface area contributed by atoms with Crippen molar-refractivity contribution < 1.29 is 14.2 Å². The Morgan fingerprint density at radius 3 is 1.47 bits per heavy atom. The molecule has 0 bridgehead atoms. The topological polar surface area (TPSA) is 27.7 Å². The van der Waals surface area contributed by atoms with Crippen LogP contribution in [-0.4, -0.2) is 34.4 Å². The van der Waals surface area contributed by atoms with Crippen molar-refractivity contribution >= 4 is 23.5 Å². The first-order chi connectivity index (χ1) is 18.7. The molecule has 0 aliphatic carbocycles. The molecule has 3 rings (SSSR count). The van der Waals surface area contributed by atoms with Crippen LogP contribution in [0, 0.1) is 0 Å². The first-order valence-electron chi connectivity index (χ1n) is 13.2. The zero-order valence-corrected chi connectivity index (χ0v) is 24.1. The molecule has 0 amide bonds. The Morgan fingerprint density at radius 2 is 1.05 bits per heavy atom. The van der Waals surface area contributed by atoms with Crippen LogP contribution in [0.3, 0.4) is 0 Å². The normalized spacial score (nSPS) is 14.0. The summed E-state index contributed by atoms with van der Waals surface area (Å²) < 4.78 is 20.2. The van der Waals surface area contributed by atoms with E-state index in [0.29, 0.717) is 19.8 Å². The van der Waals surface area contributed by atoms with Gasteiger partial charge in [0.05, 0.1) is 24.4 Å². The van der Waals surface area contributed by atoms with Crippen molar-refractivity contribution in [3.05, 3.63) is 132 Å². The van der Waals surface area contributed by atoms with Gasteiger partial charge in [-0.1, -0.05) is 130 Å². The fourth-order valence-corrected chi connectivity index (χ4v) is 6.72. The molecule has 3 aromatic carbocycles. The second-order valence-corrected chi connectivity index (χ2v) is 11.8. The largest absolute Gasteiger partial charge is 0.369 e. The second kappa shape index (κ2) is 18.1. The highest BCUT2D eigenvalue weighted by Gasteiger charge is 2.37. The highest BCUT2D eigenvalue weighted by Crippen LogP contribution is 2.34. The van der Waals surface area contributed by atoms with Crippen LogP contribution in [-0.2, 0) is 34.0 Å². The summed E-state index contributed by atoms with van der Waals surface area (Å²) in [7, 11) is 0. The van der Waals surface area contributed by atoms with E-state index in [1.54, 1.807) is 6.08 Å². The smallest absolute Gasteiger partial charge is 0.116 e. The zero-order chi connectivity index (χ0) is 26.8. The van der Waals surface area contributed by atoms with Crippen molar-refractivity contribution in [1.29, 1.82) is 0 Å². The lowest BCUT2D eigenvalue weighted by Crippen LogP contribution is -2.46. The van der Waals surface area contributed by atoms with E-state index in [1.165, 1.54) is 0 Å². The molecule has 0 fully saturated rings. The van der Waals surface area contributed by atoms with Crippen molar-refractivity contribution in [2.24, 2.45) is 0 Å². The van der Waals surface area contributed by atoms with Crippen molar-refractivity contribution in [3.8, 4) is 0 Å². The Balaban J connectivity index is 1.94. The number of allylic oxidation sites excluding steroid dienone is 2. The molecule has 3 aromatic rings. The van der Waals surface area contributed by atoms with E-state index in [0.717, 1.165) is 28.2 Å². The molecule has 3 nitrogen and oxygen atoms in total. The van der Waals surface area contributed by atoms with Gasteiger partial charge in [-0.05, 0) is 28.2 Å². The summed E-state index contributed by atoms with van der Waals surface area (Å²) in [5.74, 6) is 1.98. The van der Waals surface area contributed by atoms with Crippen LogP contribution in [0.2, 0.25) is 0 Å². The molecular formula is C33H40O3S2. The lowest BCUT2D eigenvalue weighted by atomic mass is 10.1. The zero-order valence-electron chi connectivity index (χ0n) is 22.5. The Hall–Kier alpha value is -2.28. The average molecular weight is 549 g/mol. The van der Waals surface area contributed by atoms with Gasteiger partial charge in [0.25, 0.3) is 0 Å². The van der Waals surface area contributed by atoms with Crippen LogP contribution in [0.5, 0.6) is 0 Å². The summed E-state index contributed by atoms with van der Waals surface area (Å²) in [5, 5.41) is 0. The van der Waals surface area contributed by atoms with E-state index < -0.39 is 0 Å². The van der Waals surface area contributed by atoms with E-state index in [4.69, 9.17) is 14.2 Å². The predicted octanol–water partition coefficient (Wildman–Crippen LogP) is 8.32. The van der Waals surface area contributed by atoms with Gasteiger partial charge >= 0.3 is 0 Å². The van der Waals surface area contributed by atoms with Crippen molar-refractivity contribution in [1.82, 2.24) is 0 Å². The molecule has 38 heavy (non-hydrogen) atoms. The van der Waals surface area contributed by atoms with Crippen LogP contribution in [0.15, 0.2) is 116 Å². The Kier molecular flexibility index (Phi) is 14.4. The summed E-state index contributed by atoms with van der Waals surface area (Å²) in [5.41, 5.74) is 3.39. The minimum Gasteiger partial charge on any atom is -0.369 e. The summed E-state index contributed by atoms with van der Waals surface area (Å²) in [6.07, 6.45) is 4.92. The van der Waals surface area contributed by atoms with Gasteiger partial charge in [-0.2, -0.15) is 0 Å². The average Bonchev–Trinajstić information content (AvgIpc) is 2.97. The summed E-state index contributed by atoms with van der Waals surface area (Å²) in [4.78, 5) is 0. The van der Waals surface area contributed by atoms with Gasteiger partial charge in [0.15, 0.2) is 0 Å². The molecule has 3 atom stereocenters. The fourth-order valence-electron chi connectivity index (χ4n) is 4.02. The van der Waals surface area contributed by atoms with E-state index in [2.05, 4.69) is 75.0 Å². The van der Waals surface area contributed by atoms with Crippen molar-refractivity contribution in [3.63, 3.8) is 0 Å². The van der Waals surface area contributed by atoms with E-state index in [-0.39, 0.29) is 22.9 Å². The van der Waals surface area contributed by atoms with Gasteiger partial charge in [0.2, 0.25) is 0 Å². The minimum atomic E-state index is -0.332. The molecule has 5 heteroatoms. The molecule has 0 heterocycles. The van der Waals surface area contributed by atoms with Gasteiger partial charge < -0.3 is 14.2 Å². The SMILES string of the molecule is C=C/C=C/[C@@H](OCc1ccccc1)[C@H](OCc1ccccc1)[C@@H](OCc1ccccc1)C(SCC)SCC. The lowest BCUT2D eigenvalue weighted by molar-refractivity contribution is -0.133. The first-order valence-corrected chi connectivity index (χ1v) is 15.3. The van der Waals surface area contributed by atoms with Gasteiger partial charge in [-0.25, -0.2) is 0 Å². The van der Waals surface area contributed by atoms with Gasteiger partial charge in [0.1, 0.15) is 18.3 Å². The number of hydrogen-bond acceptors (Lipinski definition) is 5. The Morgan fingerprint density at radius 1 is 0.632 bits per heavy atom. The molecule has 0 N–H and O–H groups in total. The number of ether oxygens (including phenoxy) is 3. The highest BCUT2D eigenvalue weighted by atomic mass is 32.2. The Labute approximate surface area is 237 Å². The lowest BCUT2D eigenvalue weighted by Gasteiger charge is -2.36. The first kappa shape index (κ1) is 30.3. The summed E-state index contributed by atoms with van der Waals surface area (Å²) >= 11 is 3.82. The van der Waals surface area contributed by atoms with Crippen molar-refractivity contribution in [2.45, 2.75) is 56.6 Å². The molecule has 0 saturated heterocycles. The monoisotopic (exact) mass is 548 g/mol. The van der Waals surface area contributed by atoms with E-state index in [9.17, 15) is 0 Å². The molecule has 0 saturated carbocycles. The minimum absolute atomic E-state index is 0.189. The van der Waals surface area contributed by atoms with E-state index >= 15 is 0 Å². The molecule has 0 radical (unpaired) electrons. The fraction of sp³-hybridized carbons (Fsp3) is 0.333. The molecule has 0 spiro atoms. The number of rotatable bonds is 18. The molecule has 0 aliphatic rings. The van der Waals surface area contributed by atoms with Crippen LogP contribution in [0.1, 0.15) is 30.5 Å². The number of thioether (sulfide) groups is 2. The molecular weight excluding hydrogens is 508 g/mol. The van der Waals surface area contributed by atoms with Crippen LogP contribution in [0.25, 0.3) is 0 Å². The predicted molar refractivity (Wildman–Crippen MR) is 164 cm³/mol. The molecule has 0 aromatic heterocycles. The molecule has 0 aliphatic heterocycles. The number of hydrogen-bond donors (Lipinski definition) is 0. The van der Waals surface area contributed by atoms with Gasteiger partial charge in [0, 0.05) is 0 Å². The maximum absolute atomic E-state index is 6.75. The standard InChI is InChI=1S/C33H40O3S2/c1-4-7-23-30(34-24-27-17-11-8-12-18-27)31(35-25-28-19-13-9-14-20-28)32(33(37-5-2)38-6-3)36-26-29-21-15-10-16-22-29/h4,7-23,30-33H,1,5-6,24-26H2,2-3H3/b23-7+/t30-,31+,32-/m1/s1. The number of benzene rings is 3. The summed E-state index contributed by atoms with van der Waals surface area (Å²) in [6.45, 7) is 9.76. The van der Waals surface area contributed by atoms with E-state index in [1.807, 2.05) is 72.1 Å². The van der Waals surface area contributed by atoms with Crippen LogP contribution < -0.4 is 0 Å². The third-order valence-corrected chi connectivity index (χ3v) is 8.55. The highest BCUT2D eigenvalue weighted by molar-refractivity contribution is 8.17. The molecule has 0 unspecified atom stereocenters. The third-order valence-electron chi connectivity index (χ3n) is 5.87. The van der Waals surface area contributed by atoms with Gasteiger partial charge in [-0.3, -0.25) is 0 Å².